The number of nitrogens with zero attached hydrogens (tertiary/aromatic N) is 4. The van der Waals surface area contributed by atoms with Crippen LogP contribution in [0.4, 0.5) is 0 Å². The maximum Gasteiger partial charge on any atom is 0.160 e. The minimum absolute atomic E-state index is 0.0255. The lowest BCUT2D eigenvalue weighted by Gasteiger charge is -2.14. The molecule has 1 atom stereocenters. The lowest BCUT2D eigenvalue weighted by atomic mass is 9.92. The minimum Gasteiger partial charge on any atom is -0.299 e. The molecule has 0 radical (unpaired) electrons. The van der Waals surface area contributed by atoms with Crippen LogP contribution in [0.5, 0.6) is 0 Å². The first-order chi connectivity index (χ1) is 15.4. The maximum absolute atomic E-state index is 13.0. The third-order valence-electron chi connectivity index (χ3n) is 5.48. The van der Waals surface area contributed by atoms with Crippen LogP contribution in [0.3, 0.4) is 0 Å². The summed E-state index contributed by atoms with van der Waals surface area (Å²) >= 11 is 5.91. The van der Waals surface area contributed by atoms with Gasteiger partial charge in [-0.15, -0.1) is 0 Å². The van der Waals surface area contributed by atoms with E-state index >= 15 is 0 Å². The molecule has 1 aliphatic carbocycles. The second-order valence-corrected chi connectivity index (χ2v) is 10.6. The average molecular weight is 471 g/mol. The van der Waals surface area contributed by atoms with Crippen LogP contribution in [0, 0.1) is 0 Å². The third-order valence-corrected chi connectivity index (χ3v) is 7.81. The van der Waals surface area contributed by atoms with Gasteiger partial charge in [0.2, 0.25) is 0 Å². The fourth-order valence-corrected chi connectivity index (χ4v) is 5.34. The number of carbonyl (C=O) groups is 1. The van der Waals surface area contributed by atoms with E-state index in [1.165, 1.54) is 12.4 Å². The van der Waals surface area contributed by atoms with E-state index in [9.17, 15) is 13.2 Å². The molecule has 0 spiro atoms. The number of Topliss-reactive ketones (excluding diaryl/α,β-unsaturated/α-hetero) is 1. The Balaban J connectivity index is 1.46. The van der Waals surface area contributed by atoms with Crippen LogP contribution in [0.15, 0.2) is 48.9 Å². The molecule has 1 aliphatic rings. The van der Waals surface area contributed by atoms with Crippen molar-refractivity contribution in [1.29, 1.82) is 0 Å². The van der Waals surface area contributed by atoms with Gasteiger partial charge >= 0.3 is 0 Å². The van der Waals surface area contributed by atoms with Crippen LogP contribution in [0.2, 0.25) is 5.15 Å². The zero-order valence-corrected chi connectivity index (χ0v) is 19.2. The number of carbonyl (C=O) groups excluding carboxylic acids is 1. The summed E-state index contributed by atoms with van der Waals surface area (Å²) in [6, 6.07) is 9.23. The van der Waals surface area contributed by atoms with Crippen molar-refractivity contribution in [1.82, 2.24) is 19.9 Å². The summed E-state index contributed by atoms with van der Waals surface area (Å²) in [5, 5.41) is 0.0564. The molecule has 32 heavy (non-hydrogen) atoms. The molecule has 9 heteroatoms. The van der Waals surface area contributed by atoms with E-state index in [1.54, 1.807) is 12.3 Å². The zero-order chi connectivity index (χ0) is 22.7. The van der Waals surface area contributed by atoms with Crippen molar-refractivity contribution < 1.29 is 13.2 Å². The van der Waals surface area contributed by atoms with E-state index in [0.29, 0.717) is 35.8 Å². The van der Waals surface area contributed by atoms with Crippen LogP contribution >= 0.6 is 11.6 Å². The number of benzene rings is 1. The Bertz CT molecular complexity index is 1230. The molecule has 1 saturated carbocycles. The quantitative estimate of drug-likeness (QED) is 0.466. The van der Waals surface area contributed by atoms with Crippen molar-refractivity contribution >= 4 is 27.2 Å². The standard InChI is InChI=1S/C23H23ClN4O3S/c1-2-18(19-9-10-26-23(28-19)14-32(30,31)17-7-8-17)21(29)11-15-3-5-16(6-4-15)20-12-25-13-22(24)27-20/h3-6,9-10,12-13,17-18H,2,7-8,11,14H2,1H3. The Kier molecular flexibility index (Phi) is 6.62. The Labute approximate surface area is 192 Å². The van der Waals surface area contributed by atoms with Crippen LogP contribution in [-0.2, 0) is 26.8 Å². The number of halogens is 1. The smallest absolute Gasteiger partial charge is 0.160 e. The fraction of sp³-hybridized carbons (Fsp3) is 0.348. The first-order valence-corrected chi connectivity index (χ1v) is 12.6. The molecule has 1 fully saturated rings. The van der Waals surface area contributed by atoms with Gasteiger partial charge in [-0.2, -0.15) is 0 Å². The van der Waals surface area contributed by atoms with Crippen molar-refractivity contribution in [2.24, 2.45) is 0 Å². The first kappa shape index (κ1) is 22.5. The maximum atomic E-state index is 13.0. The second-order valence-electron chi connectivity index (χ2n) is 7.93. The van der Waals surface area contributed by atoms with Crippen molar-refractivity contribution in [3.05, 3.63) is 71.2 Å². The molecule has 0 aliphatic heterocycles. The molecule has 2 heterocycles. The largest absolute Gasteiger partial charge is 0.299 e. The van der Waals surface area contributed by atoms with Crippen LogP contribution in [0.25, 0.3) is 11.3 Å². The molecule has 1 aromatic carbocycles. The third kappa shape index (κ3) is 5.37. The van der Waals surface area contributed by atoms with Gasteiger partial charge in [-0.25, -0.2) is 23.4 Å². The Morgan fingerprint density at radius 2 is 1.88 bits per heavy atom. The normalized spacial score (nSPS) is 14.8. The minimum atomic E-state index is -3.22. The molecule has 166 valence electrons. The monoisotopic (exact) mass is 470 g/mol. The van der Waals surface area contributed by atoms with Gasteiger partial charge in [-0.3, -0.25) is 9.78 Å². The predicted octanol–water partition coefficient (Wildman–Crippen LogP) is 3.97. The van der Waals surface area contributed by atoms with Gasteiger partial charge in [-0.1, -0.05) is 42.8 Å². The van der Waals surface area contributed by atoms with Crippen molar-refractivity contribution in [3.63, 3.8) is 0 Å². The molecule has 3 aromatic rings. The summed E-state index contributed by atoms with van der Waals surface area (Å²) in [7, 11) is -3.22. The second kappa shape index (κ2) is 9.42. The van der Waals surface area contributed by atoms with Gasteiger partial charge in [0.25, 0.3) is 0 Å². The van der Waals surface area contributed by atoms with Gasteiger partial charge in [0.05, 0.1) is 34.9 Å². The van der Waals surface area contributed by atoms with Crippen LogP contribution in [0.1, 0.15) is 49.2 Å². The molecular formula is C23H23ClN4O3S. The summed E-state index contributed by atoms with van der Waals surface area (Å²) in [4.78, 5) is 29.9. The summed E-state index contributed by atoms with van der Waals surface area (Å²) < 4.78 is 24.5. The molecule has 7 nitrogen and oxygen atoms in total. The highest BCUT2D eigenvalue weighted by molar-refractivity contribution is 7.91. The lowest BCUT2D eigenvalue weighted by Crippen LogP contribution is -2.18. The SMILES string of the molecule is CCC(C(=O)Cc1ccc(-c2cncc(Cl)n2)cc1)c1ccnc(CS(=O)(=O)C2CC2)n1. The van der Waals surface area contributed by atoms with E-state index in [4.69, 9.17) is 11.6 Å². The molecule has 0 N–H and O–H groups in total. The highest BCUT2D eigenvalue weighted by atomic mass is 35.5. The molecule has 4 rings (SSSR count). The number of hydrogen-bond donors (Lipinski definition) is 0. The summed E-state index contributed by atoms with van der Waals surface area (Å²) in [6.07, 6.45) is 6.89. The predicted molar refractivity (Wildman–Crippen MR) is 122 cm³/mol. The van der Waals surface area contributed by atoms with Gasteiger partial charge in [0, 0.05) is 18.2 Å². The number of hydrogen-bond acceptors (Lipinski definition) is 7. The molecule has 1 unspecified atom stereocenters. The van der Waals surface area contributed by atoms with Crippen LogP contribution in [-0.4, -0.2) is 39.4 Å². The van der Waals surface area contributed by atoms with E-state index < -0.39 is 15.8 Å². The molecule has 2 aromatic heterocycles. The van der Waals surface area contributed by atoms with E-state index in [0.717, 1.165) is 11.1 Å². The topological polar surface area (TPSA) is 103 Å². The van der Waals surface area contributed by atoms with Gasteiger partial charge in [-0.05, 0) is 30.9 Å². The highest BCUT2D eigenvalue weighted by Crippen LogP contribution is 2.30. The van der Waals surface area contributed by atoms with E-state index in [1.807, 2.05) is 31.2 Å². The number of rotatable bonds is 9. The van der Waals surface area contributed by atoms with Crippen molar-refractivity contribution in [2.75, 3.05) is 0 Å². The van der Waals surface area contributed by atoms with Gasteiger partial charge < -0.3 is 0 Å². The van der Waals surface area contributed by atoms with E-state index in [2.05, 4.69) is 19.9 Å². The van der Waals surface area contributed by atoms with Gasteiger partial charge in [0.1, 0.15) is 22.5 Å². The fourth-order valence-electron chi connectivity index (χ4n) is 3.60. The van der Waals surface area contributed by atoms with Crippen molar-refractivity contribution in [3.8, 4) is 11.3 Å². The summed E-state index contributed by atoms with van der Waals surface area (Å²) in [6.45, 7) is 1.92. The number of aromatic nitrogens is 4. The summed E-state index contributed by atoms with van der Waals surface area (Å²) in [5.41, 5.74) is 2.97. The van der Waals surface area contributed by atoms with Gasteiger partial charge in [0.15, 0.2) is 9.84 Å². The molecule has 0 amide bonds. The highest BCUT2D eigenvalue weighted by Gasteiger charge is 2.36. The summed E-state index contributed by atoms with van der Waals surface area (Å²) in [5.74, 6) is -0.312. The lowest BCUT2D eigenvalue weighted by molar-refractivity contribution is -0.120. The number of ketones is 1. The molecule has 0 saturated heterocycles. The van der Waals surface area contributed by atoms with Crippen molar-refractivity contribution in [2.45, 2.75) is 49.5 Å². The first-order valence-electron chi connectivity index (χ1n) is 10.5. The molecular weight excluding hydrogens is 448 g/mol. The average Bonchev–Trinajstić information content (AvgIpc) is 3.61. The Morgan fingerprint density at radius 1 is 1.12 bits per heavy atom. The number of sulfone groups is 1. The van der Waals surface area contributed by atoms with Crippen LogP contribution < -0.4 is 0 Å². The molecule has 0 bridgehead atoms. The van der Waals surface area contributed by atoms with E-state index in [-0.39, 0.29) is 29.0 Å². The Hall–Kier alpha value is -2.71. The zero-order valence-electron chi connectivity index (χ0n) is 17.6. The Morgan fingerprint density at radius 3 is 2.53 bits per heavy atom.